The van der Waals surface area contributed by atoms with Crippen molar-refractivity contribution in [2.75, 3.05) is 0 Å². The van der Waals surface area contributed by atoms with Crippen LogP contribution in [0.25, 0.3) is 10.4 Å². The van der Waals surface area contributed by atoms with Crippen LogP contribution in [0.1, 0.15) is 46.6 Å². The van der Waals surface area contributed by atoms with Gasteiger partial charge in [0.05, 0.1) is 6.04 Å². The quantitative estimate of drug-likeness (QED) is 0.272. The van der Waals surface area contributed by atoms with Crippen LogP contribution in [-0.2, 0) is 14.3 Å². The van der Waals surface area contributed by atoms with Crippen LogP contribution in [0.15, 0.2) is 35.4 Å². The summed E-state index contributed by atoms with van der Waals surface area (Å²) in [5.74, 6) is 3.83. The average Bonchev–Trinajstić information content (AvgIpc) is 2.56. The van der Waals surface area contributed by atoms with Crippen molar-refractivity contribution < 1.29 is 14.3 Å². The number of carbonyl (C=O) groups excluding carboxylic acids is 2. The van der Waals surface area contributed by atoms with Crippen molar-refractivity contribution in [3.63, 3.8) is 0 Å². The molecule has 1 aromatic rings. The lowest BCUT2D eigenvalue weighted by Gasteiger charge is -2.28. The lowest BCUT2D eigenvalue weighted by Crippen LogP contribution is -2.51. The Bertz CT molecular complexity index is 751. The number of ether oxygens (including phenoxy) is 1. The summed E-state index contributed by atoms with van der Waals surface area (Å²) in [6, 6.07) is 8.13. The van der Waals surface area contributed by atoms with Gasteiger partial charge in [0.25, 0.3) is 5.91 Å². The first kappa shape index (κ1) is 22.1. The standard InChI is InChI=1S/C20H26N4O3/c1-14(2)13-16(23-24-21)18(19(26)22-20(3,4)5)27-17(25)12-11-15-9-7-6-8-10-15/h6-10,14,16,18H,13H2,1-5H3,(H,22,26). The van der Waals surface area contributed by atoms with Gasteiger partial charge in [0, 0.05) is 21.9 Å². The molecule has 27 heavy (non-hydrogen) atoms. The van der Waals surface area contributed by atoms with Crippen LogP contribution in [0.2, 0.25) is 0 Å². The molecule has 0 saturated carbocycles. The van der Waals surface area contributed by atoms with E-state index in [-0.39, 0.29) is 5.92 Å². The topological polar surface area (TPSA) is 104 Å². The molecular formula is C20H26N4O3. The van der Waals surface area contributed by atoms with Crippen LogP contribution in [0.3, 0.4) is 0 Å². The van der Waals surface area contributed by atoms with E-state index in [2.05, 4.69) is 27.2 Å². The highest BCUT2D eigenvalue weighted by Gasteiger charge is 2.33. The predicted octanol–water partition coefficient (Wildman–Crippen LogP) is 3.59. The first-order valence-corrected chi connectivity index (χ1v) is 8.76. The number of amides is 1. The Hall–Kier alpha value is -2.97. The van der Waals surface area contributed by atoms with Gasteiger partial charge in [0.15, 0.2) is 6.10 Å². The Kier molecular flexibility index (Phi) is 8.37. The monoisotopic (exact) mass is 370 g/mol. The van der Waals surface area contributed by atoms with E-state index in [1.165, 1.54) is 0 Å². The van der Waals surface area contributed by atoms with E-state index in [1.807, 2.05) is 40.7 Å². The lowest BCUT2D eigenvalue weighted by molar-refractivity contribution is -0.152. The summed E-state index contributed by atoms with van der Waals surface area (Å²) in [7, 11) is 0. The maximum atomic E-state index is 12.6. The number of benzene rings is 1. The molecule has 0 aliphatic carbocycles. The zero-order valence-electron chi connectivity index (χ0n) is 16.4. The fraction of sp³-hybridized carbons (Fsp3) is 0.500. The molecule has 1 aromatic carbocycles. The number of nitrogens with one attached hydrogen (secondary N) is 1. The van der Waals surface area contributed by atoms with Gasteiger partial charge in [-0.05, 0) is 50.8 Å². The minimum atomic E-state index is -1.25. The number of hydrogen-bond donors (Lipinski definition) is 1. The molecule has 2 atom stereocenters. The Morgan fingerprint density at radius 2 is 1.89 bits per heavy atom. The second kappa shape index (κ2) is 10.2. The van der Waals surface area contributed by atoms with E-state index in [9.17, 15) is 9.59 Å². The molecule has 0 aliphatic heterocycles. The molecule has 1 N–H and O–H groups in total. The molecule has 1 rings (SSSR count). The van der Waals surface area contributed by atoms with Crippen LogP contribution >= 0.6 is 0 Å². The molecule has 0 saturated heterocycles. The predicted molar refractivity (Wildman–Crippen MR) is 103 cm³/mol. The fourth-order valence-electron chi connectivity index (χ4n) is 2.32. The van der Waals surface area contributed by atoms with Crippen LogP contribution in [0, 0.1) is 17.8 Å². The SMILES string of the molecule is CC(C)CC(N=[N+]=[N-])C(OC(=O)C#Cc1ccccc1)C(=O)NC(C)(C)C. The zero-order chi connectivity index (χ0) is 20.4. The Labute approximate surface area is 160 Å². The van der Waals surface area contributed by atoms with Crippen molar-refractivity contribution in [1.29, 1.82) is 0 Å². The highest BCUT2D eigenvalue weighted by molar-refractivity contribution is 5.92. The van der Waals surface area contributed by atoms with Crippen molar-refractivity contribution in [2.24, 2.45) is 11.0 Å². The number of hydrogen-bond acceptors (Lipinski definition) is 4. The maximum absolute atomic E-state index is 12.6. The summed E-state index contributed by atoms with van der Waals surface area (Å²) < 4.78 is 5.31. The smallest absolute Gasteiger partial charge is 0.385 e. The van der Waals surface area contributed by atoms with Crippen molar-refractivity contribution >= 4 is 11.9 Å². The highest BCUT2D eigenvalue weighted by atomic mass is 16.5. The summed E-state index contributed by atoms with van der Waals surface area (Å²) in [6.07, 6.45) is -0.855. The Morgan fingerprint density at radius 3 is 2.41 bits per heavy atom. The largest absolute Gasteiger partial charge is 0.442 e. The van der Waals surface area contributed by atoms with Crippen molar-refractivity contribution in [2.45, 2.75) is 58.7 Å². The van der Waals surface area contributed by atoms with Crippen molar-refractivity contribution in [1.82, 2.24) is 5.32 Å². The summed E-state index contributed by atoms with van der Waals surface area (Å²) in [5.41, 5.74) is 8.98. The van der Waals surface area contributed by atoms with E-state index in [0.29, 0.717) is 12.0 Å². The molecule has 0 bridgehead atoms. The molecule has 7 heteroatoms. The molecular weight excluding hydrogens is 344 g/mol. The third-order valence-electron chi connectivity index (χ3n) is 3.34. The molecule has 0 aliphatic rings. The Morgan fingerprint density at radius 1 is 1.26 bits per heavy atom. The van der Waals surface area contributed by atoms with Crippen molar-refractivity contribution in [3.05, 3.63) is 46.3 Å². The molecule has 0 heterocycles. The zero-order valence-corrected chi connectivity index (χ0v) is 16.4. The molecule has 0 aromatic heterocycles. The number of esters is 1. The second-order valence-electron chi connectivity index (χ2n) is 7.58. The van der Waals surface area contributed by atoms with Crippen molar-refractivity contribution in [3.8, 4) is 11.8 Å². The van der Waals surface area contributed by atoms with E-state index in [0.717, 1.165) is 0 Å². The lowest BCUT2D eigenvalue weighted by atomic mass is 9.98. The first-order valence-electron chi connectivity index (χ1n) is 8.76. The van der Waals surface area contributed by atoms with Gasteiger partial charge in [-0.2, -0.15) is 0 Å². The third-order valence-corrected chi connectivity index (χ3v) is 3.34. The number of nitrogens with zero attached hydrogens (tertiary/aromatic N) is 3. The normalized spacial score (nSPS) is 12.8. The second-order valence-corrected chi connectivity index (χ2v) is 7.58. The minimum absolute atomic E-state index is 0.138. The van der Waals surface area contributed by atoms with Crippen LogP contribution < -0.4 is 5.32 Å². The maximum Gasteiger partial charge on any atom is 0.385 e. The van der Waals surface area contributed by atoms with Gasteiger partial charge in [-0.25, -0.2) is 4.79 Å². The van der Waals surface area contributed by atoms with Gasteiger partial charge < -0.3 is 10.1 Å². The van der Waals surface area contributed by atoms with E-state index >= 15 is 0 Å². The molecule has 1 amide bonds. The Balaban J connectivity index is 3.05. The molecule has 0 fully saturated rings. The number of rotatable bonds is 6. The average molecular weight is 370 g/mol. The van der Waals surface area contributed by atoms with Gasteiger partial charge >= 0.3 is 5.97 Å². The van der Waals surface area contributed by atoms with Crippen LogP contribution in [0.4, 0.5) is 0 Å². The van der Waals surface area contributed by atoms with E-state index in [1.54, 1.807) is 24.3 Å². The number of carbonyl (C=O) groups is 2. The molecule has 144 valence electrons. The van der Waals surface area contributed by atoms with Gasteiger partial charge in [0.2, 0.25) is 0 Å². The summed E-state index contributed by atoms with van der Waals surface area (Å²) >= 11 is 0. The van der Waals surface area contributed by atoms with E-state index < -0.39 is 29.6 Å². The van der Waals surface area contributed by atoms with Crippen LogP contribution in [-0.4, -0.2) is 29.6 Å². The van der Waals surface area contributed by atoms with Crippen LogP contribution in [0.5, 0.6) is 0 Å². The van der Waals surface area contributed by atoms with Gasteiger partial charge in [-0.3, -0.25) is 4.79 Å². The van der Waals surface area contributed by atoms with Gasteiger partial charge in [0.1, 0.15) is 0 Å². The summed E-state index contributed by atoms with van der Waals surface area (Å²) in [5, 5.41) is 6.44. The fourth-order valence-corrected chi connectivity index (χ4v) is 2.32. The highest BCUT2D eigenvalue weighted by Crippen LogP contribution is 2.17. The van der Waals surface area contributed by atoms with Gasteiger partial charge in [-0.1, -0.05) is 43.1 Å². The molecule has 7 nitrogen and oxygen atoms in total. The van der Waals surface area contributed by atoms with E-state index in [4.69, 9.17) is 10.3 Å². The molecule has 0 radical (unpaired) electrons. The minimum Gasteiger partial charge on any atom is -0.442 e. The molecule has 0 spiro atoms. The summed E-state index contributed by atoms with van der Waals surface area (Å²) in [6.45, 7) is 9.28. The van der Waals surface area contributed by atoms with Gasteiger partial charge in [-0.15, -0.1) is 0 Å². The third kappa shape index (κ3) is 8.80. The number of azide groups is 1. The molecule has 2 unspecified atom stereocenters. The first-order chi connectivity index (χ1) is 12.6. The summed E-state index contributed by atoms with van der Waals surface area (Å²) in [4.78, 5) is 27.6.